The summed E-state index contributed by atoms with van der Waals surface area (Å²) in [5, 5.41) is 10.1. The summed E-state index contributed by atoms with van der Waals surface area (Å²) in [5.74, 6) is 0.896. The molecular formula is C25H33ClN6O. The molecule has 1 fully saturated rings. The number of anilines is 1. The first-order valence-electron chi connectivity index (χ1n) is 11.7. The predicted molar refractivity (Wildman–Crippen MR) is 137 cm³/mol. The van der Waals surface area contributed by atoms with Crippen molar-refractivity contribution in [3.63, 3.8) is 0 Å². The maximum absolute atomic E-state index is 12.5. The molecule has 0 amide bonds. The summed E-state index contributed by atoms with van der Waals surface area (Å²) >= 11 is 6.14. The van der Waals surface area contributed by atoms with Crippen LogP contribution in [0.4, 0.5) is 5.82 Å². The van der Waals surface area contributed by atoms with Crippen molar-refractivity contribution < 1.29 is 0 Å². The third kappa shape index (κ3) is 5.03. The molecule has 5 rings (SSSR count). The first-order chi connectivity index (χ1) is 16.0. The number of nitrogens with one attached hydrogen (secondary N) is 1. The van der Waals surface area contributed by atoms with Crippen molar-refractivity contribution in [1.29, 1.82) is 0 Å². The van der Waals surface area contributed by atoms with Gasteiger partial charge in [0, 0.05) is 11.7 Å². The van der Waals surface area contributed by atoms with Gasteiger partial charge in [-0.15, -0.1) is 0 Å². The lowest BCUT2D eigenvalue weighted by molar-refractivity contribution is 0.670. The summed E-state index contributed by atoms with van der Waals surface area (Å²) in [6, 6.07) is 8.14. The van der Waals surface area contributed by atoms with Gasteiger partial charge in [-0.2, -0.15) is 5.10 Å². The van der Waals surface area contributed by atoms with Crippen LogP contribution >= 0.6 is 11.6 Å². The molecule has 0 bridgehead atoms. The number of aryl methyl sites for hydroxylation is 1. The Morgan fingerprint density at radius 2 is 1.94 bits per heavy atom. The van der Waals surface area contributed by atoms with Gasteiger partial charge in [-0.05, 0) is 49.1 Å². The minimum Gasteiger partial charge on any atom is -0.383 e. The second kappa shape index (κ2) is 10.8. The van der Waals surface area contributed by atoms with Crippen LogP contribution in [0.25, 0.3) is 21.8 Å². The Morgan fingerprint density at radius 3 is 2.58 bits per heavy atom. The van der Waals surface area contributed by atoms with Gasteiger partial charge in [0.15, 0.2) is 5.65 Å². The molecule has 1 aliphatic carbocycles. The highest BCUT2D eigenvalue weighted by molar-refractivity contribution is 6.35. The van der Waals surface area contributed by atoms with Crippen LogP contribution in [0, 0.1) is 0 Å². The largest absolute Gasteiger partial charge is 0.383 e. The van der Waals surface area contributed by atoms with Crippen LogP contribution in [-0.4, -0.2) is 24.7 Å². The van der Waals surface area contributed by atoms with Crippen molar-refractivity contribution in [3.05, 3.63) is 57.4 Å². The molecular weight excluding hydrogens is 436 g/mol. The summed E-state index contributed by atoms with van der Waals surface area (Å²) < 4.78 is 1.94. The molecule has 3 heterocycles. The maximum atomic E-state index is 12.5. The van der Waals surface area contributed by atoms with Gasteiger partial charge in [0.05, 0.1) is 21.5 Å². The highest BCUT2D eigenvalue weighted by atomic mass is 35.5. The lowest BCUT2D eigenvalue weighted by atomic mass is 10.0. The maximum Gasteiger partial charge on any atom is 0.260 e. The van der Waals surface area contributed by atoms with Crippen molar-refractivity contribution in [2.45, 2.75) is 72.3 Å². The molecule has 4 aromatic rings. The van der Waals surface area contributed by atoms with Gasteiger partial charge in [-0.3, -0.25) is 9.89 Å². The van der Waals surface area contributed by atoms with E-state index in [0.29, 0.717) is 33.8 Å². The van der Waals surface area contributed by atoms with E-state index < -0.39 is 0 Å². The van der Waals surface area contributed by atoms with Crippen molar-refractivity contribution in [2.75, 3.05) is 5.73 Å². The number of aromatic nitrogens is 5. The predicted octanol–water partition coefficient (Wildman–Crippen LogP) is 6.03. The number of aromatic amines is 1. The number of fused-ring (bicyclic) bond motifs is 2. The van der Waals surface area contributed by atoms with E-state index >= 15 is 0 Å². The molecule has 3 aromatic heterocycles. The van der Waals surface area contributed by atoms with Gasteiger partial charge in [0.1, 0.15) is 12.1 Å². The molecule has 33 heavy (non-hydrogen) atoms. The van der Waals surface area contributed by atoms with Gasteiger partial charge in [-0.1, -0.05) is 58.4 Å². The average Bonchev–Trinajstić information content (AvgIpc) is 3.57. The summed E-state index contributed by atoms with van der Waals surface area (Å²) in [4.78, 5) is 20.5. The van der Waals surface area contributed by atoms with E-state index in [1.165, 1.54) is 6.33 Å². The quantitative estimate of drug-likeness (QED) is 0.380. The molecule has 1 atom stereocenters. The molecule has 7 nitrogen and oxygen atoms in total. The molecule has 0 spiro atoms. The minimum absolute atomic E-state index is 0.0763. The lowest BCUT2D eigenvalue weighted by Gasteiger charge is -2.12. The van der Waals surface area contributed by atoms with E-state index in [1.807, 2.05) is 30.5 Å². The second-order valence-corrected chi connectivity index (χ2v) is 8.41. The van der Waals surface area contributed by atoms with Crippen molar-refractivity contribution in [1.82, 2.24) is 24.7 Å². The molecule has 0 saturated heterocycles. The van der Waals surface area contributed by atoms with Gasteiger partial charge in [0.2, 0.25) is 0 Å². The van der Waals surface area contributed by atoms with Crippen LogP contribution in [0.1, 0.15) is 77.2 Å². The number of rotatable bonds is 4. The lowest BCUT2D eigenvalue weighted by Crippen LogP contribution is -2.22. The third-order valence-electron chi connectivity index (χ3n) is 5.90. The van der Waals surface area contributed by atoms with Crippen LogP contribution in [0.3, 0.4) is 0 Å². The average molecular weight is 469 g/mol. The first kappa shape index (κ1) is 24.7. The third-order valence-corrected chi connectivity index (χ3v) is 6.21. The van der Waals surface area contributed by atoms with E-state index in [9.17, 15) is 4.79 Å². The van der Waals surface area contributed by atoms with Gasteiger partial charge >= 0.3 is 0 Å². The van der Waals surface area contributed by atoms with E-state index in [2.05, 4.69) is 47.0 Å². The van der Waals surface area contributed by atoms with Crippen LogP contribution in [0.15, 0.2) is 35.4 Å². The molecule has 176 valence electrons. The number of nitrogens with zero attached hydrogens (tertiary/aromatic N) is 4. The van der Waals surface area contributed by atoms with Gasteiger partial charge < -0.3 is 10.3 Å². The van der Waals surface area contributed by atoms with Crippen LogP contribution < -0.4 is 11.3 Å². The SMILES string of the molecule is CC.CCC(C)c1[nH]nc2ncnc(N)c12.CCc1cc2cccc(Cl)c2c(=O)n1C1CC1. The molecule has 8 heteroatoms. The first-order valence-corrected chi connectivity index (χ1v) is 12.1. The minimum atomic E-state index is 0.0763. The van der Waals surface area contributed by atoms with Crippen LogP contribution in [0.2, 0.25) is 5.02 Å². The number of benzene rings is 1. The van der Waals surface area contributed by atoms with E-state index in [-0.39, 0.29) is 5.56 Å². The molecule has 1 aliphatic rings. The van der Waals surface area contributed by atoms with E-state index in [4.69, 9.17) is 17.3 Å². The van der Waals surface area contributed by atoms with Crippen molar-refractivity contribution >= 4 is 39.2 Å². The van der Waals surface area contributed by atoms with Crippen LogP contribution in [-0.2, 0) is 6.42 Å². The number of halogens is 1. The zero-order chi connectivity index (χ0) is 24.1. The fourth-order valence-corrected chi connectivity index (χ4v) is 4.12. The normalized spacial score (nSPS) is 13.8. The smallest absolute Gasteiger partial charge is 0.260 e. The Hall–Kier alpha value is -2.93. The summed E-state index contributed by atoms with van der Waals surface area (Å²) in [7, 11) is 0. The zero-order valence-corrected chi connectivity index (χ0v) is 20.8. The Morgan fingerprint density at radius 1 is 1.21 bits per heavy atom. The number of hydrogen-bond acceptors (Lipinski definition) is 5. The van der Waals surface area contributed by atoms with Crippen molar-refractivity contribution in [3.8, 4) is 0 Å². The highest BCUT2D eigenvalue weighted by Gasteiger charge is 2.27. The number of nitrogens with two attached hydrogens (primary N) is 1. The Bertz CT molecular complexity index is 1290. The summed E-state index contributed by atoms with van der Waals surface area (Å²) in [6.07, 6.45) is 5.57. The monoisotopic (exact) mass is 468 g/mol. The van der Waals surface area contributed by atoms with E-state index in [0.717, 1.165) is 47.8 Å². The van der Waals surface area contributed by atoms with Gasteiger partial charge in [-0.25, -0.2) is 9.97 Å². The zero-order valence-electron chi connectivity index (χ0n) is 20.0. The standard InChI is InChI=1S/C14H14ClNO.C9H13N5.C2H6/c1-2-10-8-9-4-3-5-12(15)13(9)14(17)16(10)11-6-7-11;1-3-5(2)7-6-8(10)11-4-12-9(6)14-13-7;1-2/h3-5,8,11H,2,6-7H2,1H3;4-5H,3H2,1-2H3,(H3,10,11,12,13,14);1-2H3. The fraction of sp³-hybridized carbons (Fsp3) is 0.440. The van der Waals surface area contributed by atoms with Crippen molar-refractivity contribution in [2.24, 2.45) is 0 Å². The van der Waals surface area contributed by atoms with Gasteiger partial charge in [0.25, 0.3) is 5.56 Å². The number of H-pyrrole nitrogens is 1. The highest BCUT2D eigenvalue weighted by Crippen LogP contribution is 2.36. The molecule has 1 aromatic carbocycles. The second-order valence-electron chi connectivity index (χ2n) is 8.00. The Labute approximate surface area is 199 Å². The van der Waals surface area contributed by atoms with Crippen LogP contribution in [0.5, 0.6) is 0 Å². The Balaban J connectivity index is 0.000000176. The number of nitrogen functional groups attached to an aromatic ring is 1. The molecule has 0 radical (unpaired) electrons. The number of pyridine rings is 1. The molecule has 3 N–H and O–H groups in total. The summed E-state index contributed by atoms with van der Waals surface area (Å²) in [6.45, 7) is 10.3. The number of hydrogen-bond donors (Lipinski definition) is 2. The molecule has 1 saturated carbocycles. The molecule has 0 aliphatic heterocycles. The fourth-order valence-electron chi connectivity index (χ4n) is 3.85. The topological polar surface area (TPSA) is 102 Å². The van der Waals surface area contributed by atoms with E-state index in [1.54, 1.807) is 6.07 Å². The summed E-state index contributed by atoms with van der Waals surface area (Å²) in [5.41, 5.74) is 8.65. The Kier molecular flexibility index (Phi) is 8.08. The molecule has 1 unspecified atom stereocenters.